The third kappa shape index (κ3) is 2.81. The second kappa shape index (κ2) is 5.20. The van der Waals surface area contributed by atoms with Gasteiger partial charge in [-0.15, -0.1) is 22.7 Å². The van der Waals surface area contributed by atoms with E-state index in [1.807, 2.05) is 54.7 Å². The Hall–Kier alpha value is -0.953. The molecule has 2 rings (SSSR count). The molecular weight excluding hydrogens is 296 g/mol. The van der Waals surface area contributed by atoms with Gasteiger partial charge in [-0.05, 0) is 42.5 Å². The Labute approximate surface area is 121 Å². The summed E-state index contributed by atoms with van der Waals surface area (Å²) in [6.07, 6.45) is 0. The fraction of sp³-hybridized carbons (Fsp3) is 0.308. The van der Waals surface area contributed by atoms with Crippen molar-refractivity contribution < 1.29 is 14.3 Å². The van der Waals surface area contributed by atoms with E-state index < -0.39 is 19.9 Å². The molecule has 2 aromatic rings. The average Bonchev–Trinajstić information content (AvgIpc) is 2.97. The molecule has 0 saturated heterocycles. The van der Waals surface area contributed by atoms with Gasteiger partial charge in [0.25, 0.3) is 0 Å². The zero-order chi connectivity index (χ0) is 14.1. The molecule has 1 N–H and O–H groups in total. The van der Waals surface area contributed by atoms with Crippen LogP contribution < -0.4 is 0 Å². The molecule has 0 aliphatic carbocycles. The van der Waals surface area contributed by atoms with Crippen LogP contribution in [-0.4, -0.2) is 19.4 Å². The highest BCUT2D eigenvalue weighted by atomic mass is 32.1. The van der Waals surface area contributed by atoms with E-state index in [1.165, 1.54) is 22.7 Å². The van der Waals surface area contributed by atoms with Crippen LogP contribution in [0.5, 0.6) is 0 Å². The van der Waals surface area contributed by atoms with Crippen LogP contribution >= 0.6 is 22.7 Å². The first-order valence-corrected chi connectivity index (χ1v) is 11.0. The minimum Gasteiger partial charge on any atom is -0.479 e. The zero-order valence-electron chi connectivity index (χ0n) is 11.0. The monoisotopic (exact) mass is 312 g/mol. The van der Waals surface area contributed by atoms with Crippen LogP contribution in [0.4, 0.5) is 0 Å². The van der Waals surface area contributed by atoms with E-state index in [9.17, 15) is 9.90 Å². The fourth-order valence-electron chi connectivity index (χ4n) is 1.89. The number of thiophene rings is 2. The fourth-order valence-corrected chi connectivity index (χ4v) is 5.06. The highest BCUT2D eigenvalue weighted by molar-refractivity contribution is 7.12. The minimum atomic E-state index is -2.04. The summed E-state index contributed by atoms with van der Waals surface area (Å²) in [5.41, 5.74) is -1.35. The molecule has 3 nitrogen and oxygen atoms in total. The lowest BCUT2D eigenvalue weighted by molar-refractivity contribution is -0.152. The van der Waals surface area contributed by atoms with E-state index in [0.29, 0.717) is 0 Å². The maximum absolute atomic E-state index is 12.0. The molecule has 0 aromatic carbocycles. The third-order valence-electron chi connectivity index (χ3n) is 2.50. The number of hydrogen-bond acceptors (Lipinski definition) is 4. The first kappa shape index (κ1) is 14.5. The summed E-state index contributed by atoms with van der Waals surface area (Å²) in [7, 11) is -2.04. The van der Waals surface area contributed by atoms with Crippen LogP contribution in [-0.2, 0) is 14.8 Å². The quantitative estimate of drug-likeness (QED) is 0.849. The van der Waals surface area contributed by atoms with Crippen molar-refractivity contribution >= 4 is 37.0 Å². The van der Waals surface area contributed by atoms with Gasteiger partial charge in [0.1, 0.15) is 0 Å². The molecule has 0 fully saturated rings. The van der Waals surface area contributed by atoms with Crippen molar-refractivity contribution in [2.45, 2.75) is 25.2 Å². The number of carboxylic acids is 1. The molecule has 0 aliphatic heterocycles. The van der Waals surface area contributed by atoms with Crippen LogP contribution in [0.2, 0.25) is 19.6 Å². The smallest absolute Gasteiger partial charge is 0.346 e. The number of carboxylic acid groups (broad SMARTS) is 1. The molecule has 2 heterocycles. The second-order valence-electron chi connectivity index (χ2n) is 5.16. The average molecular weight is 312 g/mol. The molecule has 0 radical (unpaired) electrons. The highest BCUT2D eigenvalue weighted by Gasteiger charge is 2.48. The number of hydrogen-bond donors (Lipinski definition) is 1. The molecule has 0 amide bonds. The van der Waals surface area contributed by atoms with Crippen LogP contribution in [0.1, 0.15) is 9.75 Å². The molecule has 0 saturated carbocycles. The third-order valence-corrected chi connectivity index (χ3v) is 5.36. The summed E-state index contributed by atoms with van der Waals surface area (Å²) >= 11 is 2.84. The van der Waals surface area contributed by atoms with Gasteiger partial charge in [-0.1, -0.05) is 12.1 Å². The summed E-state index contributed by atoms with van der Waals surface area (Å²) in [4.78, 5) is 13.5. The van der Waals surface area contributed by atoms with Gasteiger partial charge in [-0.2, -0.15) is 0 Å². The van der Waals surface area contributed by atoms with E-state index in [4.69, 9.17) is 4.43 Å². The molecule has 6 heteroatoms. The molecule has 0 spiro atoms. The van der Waals surface area contributed by atoms with Gasteiger partial charge in [-0.3, -0.25) is 0 Å². The Kier molecular flexibility index (Phi) is 3.96. The predicted octanol–water partition coefficient (Wildman–Crippen LogP) is 3.99. The van der Waals surface area contributed by atoms with Crippen molar-refractivity contribution in [2.75, 3.05) is 0 Å². The maximum atomic E-state index is 12.0. The topological polar surface area (TPSA) is 46.5 Å². The lowest BCUT2D eigenvalue weighted by Gasteiger charge is -2.34. The van der Waals surface area contributed by atoms with Gasteiger partial charge in [0.05, 0.1) is 9.75 Å². The van der Waals surface area contributed by atoms with Crippen LogP contribution in [0.3, 0.4) is 0 Å². The van der Waals surface area contributed by atoms with Crippen molar-refractivity contribution in [1.29, 1.82) is 0 Å². The number of rotatable bonds is 5. The Morgan fingerprint density at radius 2 is 1.63 bits per heavy atom. The van der Waals surface area contributed by atoms with Gasteiger partial charge in [0, 0.05) is 0 Å². The Bertz CT molecular complexity index is 507. The standard InChI is InChI=1S/C13H16O3S2Si/c1-19(2,3)16-13(12(14)15,10-6-4-8-17-10)11-7-5-9-18-11/h4-9H,1-3H3,(H,14,15). The van der Waals surface area contributed by atoms with E-state index in [-0.39, 0.29) is 0 Å². The van der Waals surface area contributed by atoms with Gasteiger partial charge in [0.15, 0.2) is 8.32 Å². The molecule has 0 bridgehead atoms. The minimum absolute atomic E-state index is 0.727. The lowest BCUT2D eigenvalue weighted by atomic mass is 10.0. The Morgan fingerprint density at radius 3 is 1.89 bits per heavy atom. The summed E-state index contributed by atoms with van der Waals surface area (Å²) in [6, 6.07) is 7.38. The van der Waals surface area contributed by atoms with Crippen molar-refractivity contribution in [3.8, 4) is 0 Å². The van der Waals surface area contributed by atoms with E-state index in [0.717, 1.165) is 9.75 Å². The summed E-state index contributed by atoms with van der Waals surface area (Å²) < 4.78 is 6.14. The zero-order valence-corrected chi connectivity index (χ0v) is 13.7. The van der Waals surface area contributed by atoms with Crippen molar-refractivity contribution in [3.05, 3.63) is 44.8 Å². The summed E-state index contributed by atoms with van der Waals surface area (Å²) in [5.74, 6) is -0.945. The van der Waals surface area contributed by atoms with E-state index in [1.54, 1.807) is 0 Å². The summed E-state index contributed by atoms with van der Waals surface area (Å²) in [5, 5.41) is 13.6. The first-order chi connectivity index (χ1) is 8.86. The molecule has 2 aromatic heterocycles. The highest BCUT2D eigenvalue weighted by Crippen LogP contribution is 2.41. The van der Waals surface area contributed by atoms with Gasteiger partial charge < -0.3 is 9.53 Å². The van der Waals surface area contributed by atoms with Crippen LogP contribution in [0.15, 0.2) is 35.0 Å². The van der Waals surface area contributed by atoms with Crippen molar-refractivity contribution in [1.82, 2.24) is 0 Å². The van der Waals surface area contributed by atoms with Crippen molar-refractivity contribution in [3.63, 3.8) is 0 Å². The number of aliphatic carboxylic acids is 1. The first-order valence-electron chi connectivity index (χ1n) is 5.88. The van der Waals surface area contributed by atoms with Gasteiger partial charge >= 0.3 is 5.97 Å². The second-order valence-corrected chi connectivity index (χ2v) is 11.5. The molecule has 19 heavy (non-hydrogen) atoms. The van der Waals surface area contributed by atoms with Gasteiger partial charge in [0.2, 0.25) is 5.60 Å². The summed E-state index contributed by atoms with van der Waals surface area (Å²) in [6.45, 7) is 6.02. The predicted molar refractivity (Wildman–Crippen MR) is 81.5 cm³/mol. The molecule has 102 valence electrons. The van der Waals surface area contributed by atoms with Crippen molar-refractivity contribution in [2.24, 2.45) is 0 Å². The SMILES string of the molecule is C[Si](C)(C)OC(C(=O)O)(c1cccs1)c1cccs1. The normalized spacial score (nSPS) is 12.6. The van der Waals surface area contributed by atoms with Gasteiger partial charge in [-0.25, -0.2) is 4.79 Å². The van der Waals surface area contributed by atoms with Crippen LogP contribution in [0, 0.1) is 0 Å². The maximum Gasteiger partial charge on any atom is 0.346 e. The largest absolute Gasteiger partial charge is 0.479 e. The Morgan fingerprint density at radius 1 is 1.16 bits per heavy atom. The lowest BCUT2D eigenvalue weighted by Crippen LogP contribution is -2.46. The molecule has 0 aliphatic rings. The molecule has 0 atom stereocenters. The molecule has 0 unspecified atom stereocenters. The van der Waals surface area contributed by atoms with Crippen LogP contribution in [0.25, 0.3) is 0 Å². The van der Waals surface area contributed by atoms with E-state index in [2.05, 4.69) is 0 Å². The Balaban J connectivity index is 2.62. The number of carbonyl (C=O) groups is 1. The van der Waals surface area contributed by atoms with E-state index >= 15 is 0 Å². The molecular formula is C13H16O3S2Si.